The fraction of sp³-hybridized carbons (Fsp3) is 0.324. The summed E-state index contributed by atoms with van der Waals surface area (Å²) in [6.07, 6.45) is 20.3. The topological polar surface area (TPSA) is 56.7 Å². The number of allylic oxidation sites excluding steroid dienone is 5. The summed E-state index contributed by atoms with van der Waals surface area (Å²) in [6.45, 7) is 16.0. The zero-order valence-electron chi connectivity index (χ0n) is 24.8. The van der Waals surface area contributed by atoms with Crippen LogP contribution in [0.5, 0.6) is 0 Å². The van der Waals surface area contributed by atoms with Crippen LogP contribution in [-0.2, 0) is 0 Å². The lowest BCUT2D eigenvalue weighted by molar-refractivity contribution is 0.507. The minimum atomic E-state index is 0. The number of fused-ring (bicyclic) bond motifs is 1. The van der Waals surface area contributed by atoms with Crippen molar-refractivity contribution < 1.29 is 1.43 Å². The van der Waals surface area contributed by atoms with Crippen molar-refractivity contribution >= 4 is 29.4 Å². The Balaban J connectivity index is 0.00000192. The van der Waals surface area contributed by atoms with E-state index < -0.39 is 0 Å². The van der Waals surface area contributed by atoms with Crippen LogP contribution in [0, 0.1) is 0 Å². The quantitative estimate of drug-likeness (QED) is 0.262. The summed E-state index contributed by atoms with van der Waals surface area (Å²) >= 11 is 0. The number of hydrogen-bond acceptors (Lipinski definition) is 6. The Labute approximate surface area is 242 Å². The van der Waals surface area contributed by atoms with E-state index in [2.05, 4.69) is 77.8 Å². The molecule has 6 nitrogen and oxygen atoms in total. The molecule has 4 rings (SSSR count). The normalized spacial score (nSPS) is 15.7. The van der Waals surface area contributed by atoms with Crippen LogP contribution in [0.3, 0.4) is 0 Å². The number of piperidine rings is 1. The number of hydrogen-bond donors (Lipinski definition) is 1. The van der Waals surface area contributed by atoms with Gasteiger partial charge in [-0.05, 0) is 68.2 Å². The van der Waals surface area contributed by atoms with Crippen LogP contribution < -0.4 is 10.2 Å². The van der Waals surface area contributed by atoms with E-state index in [1.165, 1.54) is 19.3 Å². The van der Waals surface area contributed by atoms with Gasteiger partial charge in [0.15, 0.2) is 0 Å². The second-order valence-corrected chi connectivity index (χ2v) is 9.58. The van der Waals surface area contributed by atoms with Gasteiger partial charge in [0.05, 0.1) is 17.1 Å². The standard InChI is InChI=1S/C32H38N6.C2H6.H2/c1-6-13-31(37(4)5)36-28(8-3)29-17-16-24-14-12-15-26(23-30(24)35-29)34-27(7-2)25-18-19-33-32(22-25)38-20-10-9-11-21-38;1-2;/h6-8,12-14,16-19,22-23,34H,1,3,9-11,15,20-21H2,2,4-5H3;1-2H3;1H/b27-7-,31-13+,36-28+;;. The lowest BCUT2D eigenvalue weighted by Gasteiger charge is -2.28. The van der Waals surface area contributed by atoms with Gasteiger partial charge >= 0.3 is 0 Å². The van der Waals surface area contributed by atoms with Crippen molar-refractivity contribution in [2.75, 3.05) is 32.1 Å². The van der Waals surface area contributed by atoms with E-state index in [4.69, 9.17) is 9.98 Å². The monoisotopic (exact) mass is 538 g/mol. The molecule has 1 fully saturated rings. The first kappa shape index (κ1) is 30.4. The highest BCUT2D eigenvalue weighted by Crippen LogP contribution is 2.25. The molecule has 0 radical (unpaired) electrons. The molecule has 2 aromatic heterocycles. The number of aromatic nitrogens is 2. The lowest BCUT2D eigenvalue weighted by atomic mass is 10.1. The molecular weight excluding hydrogens is 492 g/mol. The van der Waals surface area contributed by atoms with Crippen molar-refractivity contribution in [2.24, 2.45) is 4.99 Å². The van der Waals surface area contributed by atoms with Gasteiger partial charge in [-0.2, -0.15) is 0 Å². The van der Waals surface area contributed by atoms with Crippen molar-refractivity contribution in [3.8, 4) is 0 Å². The molecule has 1 aliphatic carbocycles. The summed E-state index contributed by atoms with van der Waals surface area (Å²) in [5, 5.41) is 3.67. The number of aliphatic imine (C=N–C) groups is 1. The Morgan fingerprint density at radius 3 is 2.58 bits per heavy atom. The lowest BCUT2D eigenvalue weighted by Crippen LogP contribution is -2.30. The molecule has 40 heavy (non-hydrogen) atoms. The van der Waals surface area contributed by atoms with E-state index in [-0.39, 0.29) is 1.43 Å². The van der Waals surface area contributed by atoms with Crippen molar-refractivity contribution in [2.45, 2.75) is 46.5 Å². The highest BCUT2D eigenvalue weighted by Gasteiger charge is 2.15. The number of nitrogens with one attached hydrogen (secondary N) is 1. The van der Waals surface area contributed by atoms with Crippen molar-refractivity contribution in [1.29, 1.82) is 0 Å². The second kappa shape index (κ2) is 15.4. The van der Waals surface area contributed by atoms with Crippen molar-refractivity contribution in [1.82, 2.24) is 20.2 Å². The molecule has 0 aromatic carbocycles. The molecule has 0 atom stereocenters. The van der Waals surface area contributed by atoms with Gasteiger partial charge in [-0.25, -0.2) is 15.0 Å². The second-order valence-electron chi connectivity index (χ2n) is 9.58. The number of rotatable bonds is 9. The predicted octanol–water partition coefficient (Wildman–Crippen LogP) is 7.71. The van der Waals surface area contributed by atoms with Crippen LogP contribution in [0.2, 0.25) is 0 Å². The first-order valence-corrected chi connectivity index (χ1v) is 14.3. The molecule has 6 heteroatoms. The minimum Gasteiger partial charge on any atom is -0.363 e. The molecule has 3 heterocycles. The van der Waals surface area contributed by atoms with Crippen LogP contribution >= 0.6 is 0 Å². The fourth-order valence-electron chi connectivity index (χ4n) is 4.60. The Hall–Kier alpha value is -4.19. The number of nitrogens with zero attached hydrogens (tertiary/aromatic N) is 5. The highest BCUT2D eigenvalue weighted by molar-refractivity contribution is 6.07. The zero-order valence-corrected chi connectivity index (χ0v) is 24.8. The van der Waals surface area contributed by atoms with Crippen LogP contribution in [0.25, 0.3) is 17.8 Å². The van der Waals surface area contributed by atoms with E-state index in [1.54, 1.807) is 12.2 Å². The van der Waals surface area contributed by atoms with Gasteiger partial charge in [0.2, 0.25) is 0 Å². The summed E-state index contributed by atoms with van der Waals surface area (Å²) < 4.78 is 0. The molecule has 212 valence electrons. The van der Waals surface area contributed by atoms with E-state index in [9.17, 15) is 0 Å². The van der Waals surface area contributed by atoms with Gasteiger partial charge in [-0.1, -0.05) is 57.4 Å². The molecule has 1 saturated heterocycles. The first-order chi connectivity index (χ1) is 19.5. The van der Waals surface area contributed by atoms with E-state index >= 15 is 0 Å². The van der Waals surface area contributed by atoms with Crippen LogP contribution in [0.4, 0.5) is 5.82 Å². The molecule has 0 amide bonds. The average Bonchev–Trinajstić information content (AvgIpc) is 3.20. The molecular formula is C34H46N6. The maximum Gasteiger partial charge on any atom is 0.129 e. The molecule has 0 bridgehead atoms. The maximum atomic E-state index is 4.97. The molecule has 1 aliphatic heterocycles. The van der Waals surface area contributed by atoms with Crippen LogP contribution in [0.15, 0.2) is 90.5 Å². The minimum absolute atomic E-state index is 0. The molecule has 0 spiro atoms. The van der Waals surface area contributed by atoms with Crippen molar-refractivity contribution in [3.05, 3.63) is 108 Å². The fourth-order valence-corrected chi connectivity index (χ4v) is 4.60. The average molecular weight is 539 g/mol. The SMILES string of the molecule is C=C/C=C(\N=C(/C=C)c1ccc2c(n1)C=C(N/C(=C\C)c1ccnc(N3CCCCC3)c1)CC=C2)N(C)C.CC.[HH]. The largest absolute Gasteiger partial charge is 0.363 e. The van der Waals surface area contributed by atoms with Gasteiger partial charge in [0, 0.05) is 58.2 Å². The van der Waals surface area contributed by atoms with E-state index in [0.717, 1.165) is 65.1 Å². The summed E-state index contributed by atoms with van der Waals surface area (Å²) in [4.78, 5) is 18.7. The van der Waals surface area contributed by atoms with Gasteiger partial charge < -0.3 is 15.1 Å². The van der Waals surface area contributed by atoms with Gasteiger partial charge in [0.25, 0.3) is 0 Å². The van der Waals surface area contributed by atoms with E-state index in [1.807, 2.05) is 51.2 Å². The number of pyridine rings is 2. The van der Waals surface area contributed by atoms with Gasteiger partial charge in [0.1, 0.15) is 11.6 Å². The highest BCUT2D eigenvalue weighted by atomic mass is 15.2. The first-order valence-electron chi connectivity index (χ1n) is 14.3. The third kappa shape index (κ3) is 7.92. The zero-order chi connectivity index (χ0) is 28.9. The third-order valence-corrected chi connectivity index (χ3v) is 6.64. The maximum absolute atomic E-state index is 4.97. The van der Waals surface area contributed by atoms with Gasteiger partial charge in [-0.15, -0.1) is 0 Å². The summed E-state index contributed by atoms with van der Waals surface area (Å²) in [7, 11) is 3.90. The number of anilines is 1. The predicted molar refractivity (Wildman–Crippen MR) is 175 cm³/mol. The third-order valence-electron chi connectivity index (χ3n) is 6.64. The summed E-state index contributed by atoms with van der Waals surface area (Å²) in [5.41, 5.74) is 6.71. The Bertz CT molecular complexity index is 1330. The Kier molecular flexibility index (Phi) is 11.7. The molecule has 2 aliphatic rings. The Morgan fingerprint density at radius 1 is 1.12 bits per heavy atom. The smallest absolute Gasteiger partial charge is 0.129 e. The van der Waals surface area contributed by atoms with Crippen molar-refractivity contribution in [3.63, 3.8) is 0 Å². The van der Waals surface area contributed by atoms with E-state index in [0.29, 0.717) is 5.71 Å². The van der Waals surface area contributed by atoms with Crippen LogP contribution in [-0.4, -0.2) is 47.8 Å². The molecule has 2 aromatic rings. The molecule has 0 unspecified atom stereocenters. The summed E-state index contributed by atoms with van der Waals surface area (Å²) in [6, 6.07) is 8.34. The summed E-state index contributed by atoms with van der Waals surface area (Å²) in [5.74, 6) is 1.83. The molecule has 0 saturated carbocycles. The Morgan fingerprint density at radius 2 is 1.90 bits per heavy atom. The molecule has 1 N–H and O–H groups in total. The van der Waals surface area contributed by atoms with Crippen LogP contribution in [0.1, 0.15) is 70.4 Å². The van der Waals surface area contributed by atoms with Gasteiger partial charge in [-0.3, -0.25) is 0 Å².